The first-order valence-electron chi connectivity index (χ1n) is 8.41. The van der Waals surface area contributed by atoms with E-state index in [1.54, 1.807) is 23.3 Å². The molecule has 1 amide bonds. The molecule has 3 aromatic rings. The van der Waals surface area contributed by atoms with Crippen LogP contribution in [0.2, 0.25) is 5.02 Å². The molecule has 0 fully saturated rings. The molecule has 0 aliphatic rings. The monoisotopic (exact) mass is 438 g/mol. The molecular weight excluding hydrogens is 420 g/mol. The third-order valence-electron chi connectivity index (χ3n) is 4.09. The van der Waals surface area contributed by atoms with Crippen molar-refractivity contribution in [1.29, 1.82) is 0 Å². The summed E-state index contributed by atoms with van der Waals surface area (Å²) in [5.74, 6) is 0.318. The van der Waals surface area contributed by atoms with Crippen LogP contribution in [0.25, 0.3) is 0 Å². The summed E-state index contributed by atoms with van der Waals surface area (Å²) < 4.78 is 31.9. The van der Waals surface area contributed by atoms with Crippen molar-refractivity contribution in [2.24, 2.45) is 0 Å². The number of rotatable bonds is 8. The van der Waals surface area contributed by atoms with Gasteiger partial charge in [0.25, 0.3) is 0 Å². The quantitative estimate of drug-likeness (QED) is 0.535. The molecule has 148 valence electrons. The first-order chi connectivity index (χ1) is 13.4. The van der Waals surface area contributed by atoms with E-state index in [1.165, 1.54) is 42.6 Å². The molecule has 0 aliphatic carbocycles. The first kappa shape index (κ1) is 20.6. The number of furan rings is 1. The number of carbonyl (C=O) groups excluding carboxylic acids is 1. The summed E-state index contributed by atoms with van der Waals surface area (Å²) in [4.78, 5) is 15.6. The van der Waals surface area contributed by atoms with E-state index in [1.807, 2.05) is 17.5 Å². The van der Waals surface area contributed by atoms with Gasteiger partial charge < -0.3 is 9.32 Å². The van der Waals surface area contributed by atoms with Gasteiger partial charge in [0.05, 0.1) is 30.8 Å². The fraction of sp³-hybridized carbons (Fsp3) is 0.211. The number of thiophene rings is 1. The number of amides is 1. The standard InChI is InChI=1S/C19H19ClN2O4S2/c1-21(28(24,25)18-8-6-15(20)7-9-18)14-19(23)22(12-16-4-2-10-26-16)13-17-5-3-11-27-17/h2-11H,12-14H2,1H3. The zero-order valence-corrected chi connectivity index (χ0v) is 17.5. The molecule has 9 heteroatoms. The average molecular weight is 439 g/mol. The Morgan fingerprint density at radius 2 is 1.86 bits per heavy atom. The third kappa shape index (κ3) is 5.02. The van der Waals surface area contributed by atoms with Crippen molar-refractivity contribution in [2.45, 2.75) is 18.0 Å². The normalized spacial score (nSPS) is 11.7. The molecule has 1 aromatic carbocycles. The highest BCUT2D eigenvalue weighted by molar-refractivity contribution is 7.89. The van der Waals surface area contributed by atoms with E-state index in [0.29, 0.717) is 17.3 Å². The molecule has 28 heavy (non-hydrogen) atoms. The van der Waals surface area contributed by atoms with Gasteiger partial charge in [0.2, 0.25) is 15.9 Å². The van der Waals surface area contributed by atoms with Crippen molar-refractivity contribution in [3.63, 3.8) is 0 Å². The van der Waals surface area contributed by atoms with Gasteiger partial charge in [0.15, 0.2) is 0 Å². The molecule has 0 aliphatic heterocycles. The van der Waals surface area contributed by atoms with Crippen LogP contribution in [0.4, 0.5) is 0 Å². The summed E-state index contributed by atoms with van der Waals surface area (Å²) in [7, 11) is -2.42. The third-order valence-corrected chi connectivity index (χ3v) is 7.02. The van der Waals surface area contributed by atoms with Gasteiger partial charge in [-0.1, -0.05) is 17.7 Å². The number of carbonyl (C=O) groups is 1. The molecule has 2 aromatic heterocycles. The van der Waals surface area contributed by atoms with Gasteiger partial charge in [-0.25, -0.2) is 8.42 Å². The smallest absolute Gasteiger partial charge is 0.243 e. The summed E-state index contributed by atoms with van der Waals surface area (Å²) in [6.45, 7) is 0.363. The van der Waals surface area contributed by atoms with Crippen molar-refractivity contribution >= 4 is 38.9 Å². The summed E-state index contributed by atoms with van der Waals surface area (Å²) in [6, 6.07) is 13.2. The highest BCUT2D eigenvalue weighted by Crippen LogP contribution is 2.19. The number of hydrogen-bond donors (Lipinski definition) is 0. The minimum atomic E-state index is -3.80. The van der Waals surface area contributed by atoms with Gasteiger partial charge in [-0.15, -0.1) is 11.3 Å². The van der Waals surface area contributed by atoms with Crippen LogP contribution < -0.4 is 0 Å². The van der Waals surface area contributed by atoms with Gasteiger partial charge in [-0.05, 0) is 47.8 Å². The minimum Gasteiger partial charge on any atom is -0.467 e. The van der Waals surface area contributed by atoms with Crippen LogP contribution in [0.1, 0.15) is 10.6 Å². The maximum Gasteiger partial charge on any atom is 0.243 e. The van der Waals surface area contributed by atoms with Crippen molar-refractivity contribution < 1.29 is 17.6 Å². The Labute approximate surface area is 173 Å². The summed E-state index contributed by atoms with van der Waals surface area (Å²) in [5, 5.41) is 2.38. The lowest BCUT2D eigenvalue weighted by atomic mass is 10.3. The Balaban J connectivity index is 1.75. The molecule has 0 radical (unpaired) electrons. The molecule has 6 nitrogen and oxygen atoms in total. The van der Waals surface area contributed by atoms with Crippen LogP contribution in [-0.4, -0.2) is 37.1 Å². The Bertz CT molecular complexity index is 965. The second-order valence-electron chi connectivity index (χ2n) is 6.12. The van der Waals surface area contributed by atoms with Crippen molar-refractivity contribution in [1.82, 2.24) is 9.21 Å². The molecule has 0 unspecified atom stereocenters. The van der Waals surface area contributed by atoms with Crippen LogP contribution in [0.15, 0.2) is 69.5 Å². The number of nitrogens with zero attached hydrogens (tertiary/aromatic N) is 2. The predicted octanol–water partition coefficient (Wildman–Crippen LogP) is 3.84. The van der Waals surface area contributed by atoms with Crippen LogP contribution in [0.3, 0.4) is 0 Å². The number of benzene rings is 1. The van der Waals surface area contributed by atoms with Crippen LogP contribution >= 0.6 is 22.9 Å². The Morgan fingerprint density at radius 3 is 2.46 bits per heavy atom. The zero-order chi connectivity index (χ0) is 20.1. The zero-order valence-electron chi connectivity index (χ0n) is 15.1. The van der Waals surface area contributed by atoms with Crippen LogP contribution in [0.5, 0.6) is 0 Å². The Hall–Kier alpha value is -2.13. The van der Waals surface area contributed by atoms with Gasteiger partial charge in [0.1, 0.15) is 5.76 Å². The largest absolute Gasteiger partial charge is 0.467 e. The lowest BCUT2D eigenvalue weighted by Crippen LogP contribution is -2.40. The highest BCUT2D eigenvalue weighted by atomic mass is 35.5. The second kappa shape index (κ2) is 8.91. The number of likely N-dealkylation sites (N-methyl/N-ethyl adjacent to an activating group) is 1. The highest BCUT2D eigenvalue weighted by Gasteiger charge is 2.26. The van der Waals surface area contributed by atoms with Gasteiger partial charge in [-0.3, -0.25) is 4.79 Å². The number of sulfonamides is 1. The maximum atomic E-state index is 12.9. The van der Waals surface area contributed by atoms with Crippen LogP contribution in [-0.2, 0) is 27.9 Å². The molecule has 0 N–H and O–H groups in total. The van der Waals surface area contributed by atoms with Crippen molar-refractivity contribution in [3.8, 4) is 0 Å². The van der Waals surface area contributed by atoms with Gasteiger partial charge in [-0.2, -0.15) is 4.31 Å². The van der Waals surface area contributed by atoms with Gasteiger partial charge >= 0.3 is 0 Å². The second-order valence-corrected chi connectivity index (χ2v) is 9.64. The number of halogens is 1. The van der Waals surface area contributed by atoms with Crippen molar-refractivity contribution in [2.75, 3.05) is 13.6 Å². The number of hydrogen-bond acceptors (Lipinski definition) is 5. The lowest BCUT2D eigenvalue weighted by Gasteiger charge is -2.24. The Kier molecular flexibility index (Phi) is 6.56. The van der Waals surface area contributed by atoms with E-state index in [4.69, 9.17) is 16.0 Å². The van der Waals surface area contributed by atoms with Gasteiger partial charge in [0, 0.05) is 16.9 Å². The molecule has 3 rings (SSSR count). The van der Waals surface area contributed by atoms with E-state index in [-0.39, 0.29) is 23.9 Å². The molecule has 2 heterocycles. The minimum absolute atomic E-state index is 0.0861. The van der Waals surface area contributed by atoms with Crippen LogP contribution in [0, 0.1) is 0 Å². The fourth-order valence-electron chi connectivity index (χ4n) is 2.58. The molecule has 0 saturated carbocycles. The Morgan fingerprint density at radius 1 is 1.11 bits per heavy atom. The topological polar surface area (TPSA) is 70.8 Å². The maximum absolute atomic E-state index is 12.9. The molecular formula is C19H19ClN2O4S2. The predicted molar refractivity (Wildman–Crippen MR) is 109 cm³/mol. The summed E-state index contributed by atoms with van der Waals surface area (Å²) in [6.07, 6.45) is 1.54. The molecule has 0 spiro atoms. The fourth-order valence-corrected chi connectivity index (χ4v) is 4.54. The average Bonchev–Trinajstić information content (AvgIpc) is 3.35. The molecule has 0 saturated heterocycles. The summed E-state index contributed by atoms with van der Waals surface area (Å²) >= 11 is 7.36. The first-order valence-corrected chi connectivity index (χ1v) is 11.1. The van der Waals surface area contributed by atoms with Crippen molar-refractivity contribution in [3.05, 3.63) is 75.8 Å². The summed E-state index contributed by atoms with van der Waals surface area (Å²) in [5.41, 5.74) is 0. The van der Waals surface area contributed by atoms with E-state index < -0.39 is 10.0 Å². The van der Waals surface area contributed by atoms with E-state index in [9.17, 15) is 13.2 Å². The molecule has 0 bridgehead atoms. The van der Waals surface area contributed by atoms with E-state index in [0.717, 1.165) is 9.18 Å². The SMILES string of the molecule is CN(CC(=O)N(Cc1ccco1)Cc1cccs1)S(=O)(=O)c1ccc(Cl)cc1. The van der Waals surface area contributed by atoms with E-state index >= 15 is 0 Å². The lowest BCUT2D eigenvalue weighted by molar-refractivity contribution is -0.132. The van der Waals surface area contributed by atoms with E-state index in [2.05, 4.69) is 0 Å². The molecule has 0 atom stereocenters.